The molecule has 82 valence electrons. The minimum absolute atomic E-state index is 0.413. The van der Waals surface area contributed by atoms with Gasteiger partial charge in [0.2, 0.25) is 5.95 Å². The number of hydrogen-bond donors (Lipinski definition) is 0. The molecule has 1 aromatic heterocycles. The van der Waals surface area contributed by atoms with E-state index in [1.165, 1.54) is 11.0 Å². The van der Waals surface area contributed by atoms with E-state index in [9.17, 15) is 4.39 Å². The lowest BCUT2D eigenvalue weighted by Gasteiger charge is -2.04. The Morgan fingerprint density at radius 3 is 2.80 bits per heavy atom. The van der Waals surface area contributed by atoms with Crippen LogP contribution in [-0.4, -0.2) is 4.98 Å². The number of allylic oxidation sites excluding steroid dienone is 2. The second-order valence-corrected chi connectivity index (χ2v) is 4.31. The van der Waals surface area contributed by atoms with Gasteiger partial charge in [-0.1, -0.05) is 26.0 Å². The van der Waals surface area contributed by atoms with Gasteiger partial charge in [-0.25, -0.2) is 4.98 Å². The van der Waals surface area contributed by atoms with Gasteiger partial charge < -0.3 is 0 Å². The Hall–Kier alpha value is -0.830. The molecule has 0 atom stereocenters. The third-order valence-electron chi connectivity index (χ3n) is 1.99. The number of thioether (sulfide) groups is 1. The summed E-state index contributed by atoms with van der Waals surface area (Å²) in [6.07, 6.45) is 5.97. The van der Waals surface area contributed by atoms with Gasteiger partial charge in [-0.2, -0.15) is 4.39 Å². The highest BCUT2D eigenvalue weighted by Crippen LogP contribution is 2.23. The number of pyridine rings is 1. The summed E-state index contributed by atoms with van der Waals surface area (Å²) in [5.74, 6) is 0.455. The van der Waals surface area contributed by atoms with Crippen LogP contribution < -0.4 is 0 Å². The summed E-state index contributed by atoms with van der Waals surface area (Å²) in [7, 11) is 0. The third-order valence-corrected chi connectivity index (χ3v) is 3.30. The van der Waals surface area contributed by atoms with Gasteiger partial charge in [-0.05, 0) is 29.4 Å². The zero-order chi connectivity index (χ0) is 11.1. The molecule has 0 aliphatic carbocycles. The van der Waals surface area contributed by atoms with Gasteiger partial charge in [0, 0.05) is 11.9 Å². The van der Waals surface area contributed by atoms with Crippen molar-refractivity contribution in [1.82, 2.24) is 4.98 Å². The molecule has 0 unspecified atom stereocenters. The molecule has 0 aliphatic rings. The van der Waals surface area contributed by atoms with Gasteiger partial charge in [-0.15, -0.1) is 11.8 Å². The number of rotatable bonds is 5. The van der Waals surface area contributed by atoms with Crippen molar-refractivity contribution < 1.29 is 4.39 Å². The predicted octanol–water partition coefficient (Wildman–Crippen LogP) is 4.16. The summed E-state index contributed by atoms with van der Waals surface area (Å²) < 4.78 is 12.5. The van der Waals surface area contributed by atoms with Gasteiger partial charge in [-0.3, -0.25) is 0 Å². The fraction of sp³-hybridized carbons (Fsp3) is 0.417. The fourth-order valence-electron chi connectivity index (χ4n) is 1.20. The van der Waals surface area contributed by atoms with E-state index in [2.05, 4.69) is 24.9 Å². The van der Waals surface area contributed by atoms with Crippen LogP contribution in [0.2, 0.25) is 0 Å². The Kier molecular flexibility index (Phi) is 5.40. The predicted molar refractivity (Wildman–Crippen MR) is 64.2 cm³/mol. The molecule has 1 rings (SSSR count). The molecule has 15 heavy (non-hydrogen) atoms. The van der Waals surface area contributed by atoms with Crippen LogP contribution in [0.1, 0.15) is 32.3 Å². The van der Waals surface area contributed by atoms with Crippen LogP contribution in [0.5, 0.6) is 0 Å². The van der Waals surface area contributed by atoms with Crippen LogP contribution >= 0.6 is 11.8 Å². The van der Waals surface area contributed by atoms with Crippen molar-refractivity contribution in [2.24, 2.45) is 0 Å². The highest BCUT2D eigenvalue weighted by molar-refractivity contribution is 8.02. The highest BCUT2D eigenvalue weighted by atomic mass is 32.2. The molecule has 0 spiro atoms. The van der Waals surface area contributed by atoms with Crippen LogP contribution in [0.25, 0.3) is 0 Å². The third kappa shape index (κ3) is 4.47. The maximum absolute atomic E-state index is 12.5. The van der Waals surface area contributed by atoms with Crippen molar-refractivity contribution in [3.63, 3.8) is 0 Å². The first-order valence-corrected chi connectivity index (χ1v) is 6.17. The lowest BCUT2D eigenvalue weighted by Crippen LogP contribution is -1.86. The Morgan fingerprint density at radius 1 is 1.47 bits per heavy atom. The van der Waals surface area contributed by atoms with Crippen molar-refractivity contribution >= 4 is 11.8 Å². The van der Waals surface area contributed by atoms with Gasteiger partial charge in [0.15, 0.2) is 0 Å². The summed E-state index contributed by atoms with van der Waals surface area (Å²) in [5, 5.41) is 0. The molecule has 0 aromatic carbocycles. The number of halogens is 1. The second kappa shape index (κ2) is 6.62. The van der Waals surface area contributed by atoms with Crippen molar-refractivity contribution in [2.75, 3.05) is 0 Å². The van der Waals surface area contributed by atoms with Crippen molar-refractivity contribution in [3.05, 3.63) is 40.8 Å². The molecule has 0 saturated carbocycles. The quantitative estimate of drug-likeness (QED) is 0.698. The monoisotopic (exact) mass is 225 g/mol. The summed E-state index contributed by atoms with van der Waals surface area (Å²) in [6.45, 7) is 4.28. The minimum atomic E-state index is -0.413. The number of nitrogens with zero attached hydrogens (tertiary/aromatic N) is 1. The summed E-state index contributed by atoms with van der Waals surface area (Å²) in [4.78, 5) is 5.02. The van der Waals surface area contributed by atoms with E-state index in [4.69, 9.17) is 0 Å². The van der Waals surface area contributed by atoms with E-state index in [-0.39, 0.29) is 0 Å². The largest absolute Gasteiger partial charge is 0.228 e. The Labute approximate surface area is 94.8 Å². The van der Waals surface area contributed by atoms with E-state index in [0.29, 0.717) is 0 Å². The zero-order valence-electron chi connectivity index (χ0n) is 9.16. The van der Waals surface area contributed by atoms with Crippen LogP contribution in [0.3, 0.4) is 0 Å². The molecular formula is C12H16FNS. The molecule has 1 nitrogen and oxygen atoms in total. The topological polar surface area (TPSA) is 12.9 Å². The first-order valence-electron chi connectivity index (χ1n) is 5.18. The first-order chi connectivity index (χ1) is 7.26. The summed E-state index contributed by atoms with van der Waals surface area (Å²) in [5.41, 5.74) is 1.07. The van der Waals surface area contributed by atoms with Crippen LogP contribution in [0.15, 0.2) is 29.3 Å². The van der Waals surface area contributed by atoms with E-state index in [1.54, 1.807) is 24.0 Å². The number of hydrogen-bond acceptors (Lipinski definition) is 2. The molecular weight excluding hydrogens is 209 g/mol. The van der Waals surface area contributed by atoms with Gasteiger partial charge in [0.25, 0.3) is 0 Å². The van der Waals surface area contributed by atoms with E-state index in [1.807, 2.05) is 0 Å². The normalized spacial score (nSPS) is 11.8. The average molecular weight is 225 g/mol. The SMILES string of the molecule is CC/C=C(/CC)SCc1ccc(F)nc1. The highest BCUT2D eigenvalue weighted by Gasteiger charge is 1.98. The molecule has 0 aliphatic heterocycles. The molecule has 1 heterocycles. The maximum atomic E-state index is 12.5. The Bertz CT molecular complexity index is 319. The van der Waals surface area contributed by atoms with E-state index in [0.717, 1.165) is 24.2 Å². The van der Waals surface area contributed by atoms with E-state index < -0.39 is 5.95 Å². The molecule has 0 saturated heterocycles. The standard InChI is InChI=1S/C12H16FNS/c1-3-5-11(4-2)15-9-10-6-7-12(13)14-8-10/h5-8H,3-4,9H2,1-2H3/b11-5-. The van der Waals surface area contributed by atoms with Gasteiger partial charge in [0.1, 0.15) is 0 Å². The Morgan fingerprint density at radius 2 is 2.27 bits per heavy atom. The molecule has 0 radical (unpaired) electrons. The van der Waals surface area contributed by atoms with Crippen LogP contribution in [-0.2, 0) is 5.75 Å². The first kappa shape index (κ1) is 12.2. The Balaban J connectivity index is 2.49. The minimum Gasteiger partial charge on any atom is -0.228 e. The number of aromatic nitrogens is 1. The van der Waals surface area contributed by atoms with E-state index >= 15 is 0 Å². The molecule has 0 fully saturated rings. The second-order valence-electron chi connectivity index (χ2n) is 3.21. The average Bonchev–Trinajstić information content (AvgIpc) is 2.26. The zero-order valence-corrected chi connectivity index (χ0v) is 9.98. The smallest absolute Gasteiger partial charge is 0.212 e. The molecule has 0 amide bonds. The molecule has 3 heteroatoms. The fourth-order valence-corrected chi connectivity index (χ4v) is 2.21. The van der Waals surface area contributed by atoms with Crippen molar-refractivity contribution in [2.45, 2.75) is 32.4 Å². The summed E-state index contributed by atoms with van der Waals surface area (Å²) >= 11 is 1.80. The van der Waals surface area contributed by atoms with Gasteiger partial charge in [0.05, 0.1) is 0 Å². The maximum Gasteiger partial charge on any atom is 0.212 e. The summed E-state index contributed by atoms with van der Waals surface area (Å²) in [6, 6.07) is 3.19. The van der Waals surface area contributed by atoms with Crippen molar-refractivity contribution in [1.29, 1.82) is 0 Å². The lowest BCUT2D eigenvalue weighted by molar-refractivity contribution is 0.583. The molecule has 0 N–H and O–H groups in total. The van der Waals surface area contributed by atoms with Crippen molar-refractivity contribution in [3.8, 4) is 0 Å². The lowest BCUT2D eigenvalue weighted by atomic mass is 10.3. The van der Waals surface area contributed by atoms with Crippen LogP contribution in [0, 0.1) is 5.95 Å². The molecule has 1 aromatic rings. The van der Waals surface area contributed by atoms with Gasteiger partial charge >= 0.3 is 0 Å². The van der Waals surface area contributed by atoms with Crippen LogP contribution in [0.4, 0.5) is 4.39 Å². The molecule has 0 bridgehead atoms.